The van der Waals surface area contributed by atoms with Crippen LogP contribution in [-0.4, -0.2) is 130 Å². The molecule has 2 bridgehead atoms. The normalized spacial score (nSPS) is 31.2. The van der Waals surface area contributed by atoms with Crippen molar-refractivity contribution in [3.05, 3.63) is 46.6 Å². The molecule has 1 unspecified atom stereocenters. The smallest absolute Gasteiger partial charge is 0.408 e. The number of aliphatic hydroxyl groups is 1. The van der Waals surface area contributed by atoms with Gasteiger partial charge in [0, 0.05) is 37.5 Å². The number of rotatable bonds is 16. The minimum absolute atomic E-state index is 0.00329. The molecule has 1 aromatic carbocycles. The van der Waals surface area contributed by atoms with E-state index in [4.69, 9.17) is 47.1 Å². The molecule has 402 valence electrons. The van der Waals surface area contributed by atoms with Gasteiger partial charge in [-0.1, -0.05) is 74.0 Å². The highest BCUT2D eigenvalue weighted by Gasteiger charge is 2.82. The molecule has 0 spiro atoms. The molecule has 2 aliphatic heterocycles. The quantitative estimate of drug-likeness (QED) is 0.0688. The van der Waals surface area contributed by atoms with Crippen molar-refractivity contribution in [3.63, 3.8) is 0 Å². The standard InChI is InChI=1S/C54H81NO16Si/c1-27(2)22-36(55-49(60)70-50(12,13)14)42(71-72(28(3)4,29(5)6)30(7)8)48(59)66-38-25-54(61)46(68-47(58)35-23-34(62-18)20-21-37(35)63-19)44-52(17)39(24-40-53(44,26-64-40)69-33(11)57)67-45(52)43(65-32(10)56)41(31(38)9)51(54,15)16/h20-23,28-30,36,38-40,42-46,61H,24-26H2,1-19H3,(H,55,60)/t36-,38-,39+,40+,42+,43+,44-,45?,46-,52+,53-,54+/m0/s1. The Kier molecular flexibility index (Phi) is 16.0. The summed E-state index contributed by atoms with van der Waals surface area (Å²) in [5, 5.41) is 17.2. The Bertz CT molecular complexity index is 2310. The van der Waals surface area contributed by atoms with Gasteiger partial charge in [0.05, 0.1) is 38.9 Å². The number of carbonyl (C=O) groups excluding carboxylic acids is 5. The summed E-state index contributed by atoms with van der Waals surface area (Å²) in [7, 11) is -0.112. The lowest BCUT2D eigenvalue weighted by molar-refractivity contribution is -0.416. The van der Waals surface area contributed by atoms with E-state index in [1.165, 1.54) is 34.1 Å². The highest BCUT2D eigenvalue weighted by Crippen LogP contribution is 2.69. The predicted octanol–water partition coefficient (Wildman–Crippen LogP) is 8.48. The number of fused-ring (bicyclic) bond motifs is 4. The van der Waals surface area contributed by atoms with E-state index < -0.39 is 121 Å². The molecule has 2 heterocycles. The van der Waals surface area contributed by atoms with Crippen LogP contribution in [0.2, 0.25) is 16.6 Å². The molecule has 6 rings (SSSR count). The number of ether oxygens (including phenoxy) is 9. The van der Waals surface area contributed by atoms with Gasteiger partial charge < -0.3 is 57.5 Å². The summed E-state index contributed by atoms with van der Waals surface area (Å²) in [6.07, 6.45) is -6.89. The maximum absolute atomic E-state index is 15.6. The van der Waals surface area contributed by atoms with Crippen LogP contribution in [0.1, 0.15) is 141 Å². The molecule has 2 saturated carbocycles. The van der Waals surface area contributed by atoms with Crippen molar-refractivity contribution in [1.82, 2.24) is 5.32 Å². The third kappa shape index (κ3) is 9.71. The van der Waals surface area contributed by atoms with Gasteiger partial charge >= 0.3 is 30.0 Å². The Balaban J connectivity index is 1.61. The molecule has 17 nitrogen and oxygen atoms in total. The lowest BCUT2D eigenvalue weighted by Gasteiger charge is -2.74. The fourth-order valence-corrected chi connectivity index (χ4v) is 18.7. The van der Waals surface area contributed by atoms with Gasteiger partial charge in [0.1, 0.15) is 52.7 Å². The monoisotopic (exact) mass is 1030 g/mol. The second-order valence-electron chi connectivity index (χ2n) is 23.4. The summed E-state index contributed by atoms with van der Waals surface area (Å²) in [5.41, 5.74) is -5.54. The van der Waals surface area contributed by atoms with Crippen molar-refractivity contribution >= 4 is 38.3 Å². The maximum atomic E-state index is 15.6. The van der Waals surface area contributed by atoms with Crippen LogP contribution in [0.15, 0.2) is 41.0 Å². The summed E-state index contributed by atoms with van der Waals surface area (Å²) in [4.78, 5) is 71.2. The molecule has 1 amide bonds. The van der Waals surface area contributed by atoms with Crippen molar-refractivity contribution in [2.75, 3.05) is 20.8 Å². The lowest BCUT2D eigenvalue weighted by Crippen LogP contribution is -2.86. The van der Waals surface area contributed by atoms with Gasteiger partial charge in [-0.25, -0.2) is 14.4 Å². The van der Waals surface area contributed by atoms with Gasteiger partial charge in [-0.3, -0.25) is 9.59 Å². The van der Waals surface area contributed by atoms with Gasteiger partial charge in [-0.05, 0) is 87.5 Å². The number of hydrogen-bond donors (Lipinski definition) is 2. The third-order valence-electron chi connectivity index (χ3n) is 16.3. The van der Waals surface area contributed by atoms with E-state index in [0.29, 0.717) is 16.9 Å². The van der Waals surface area contributed by atoms with Gasteiger partial charge in [0.15, 0.2) is 17.8 Å². The van der Waals surface area contributed by atoms with Crippen LogP contribution in [0.3, 0.4) is 0 Å². The van der Waals surface area contributed by atoms with Crippen molar-refractivity contribution < 1.29 is 76.1 Å². The Morgan fingerprint density at radius 2 is 1.50 bits per heavy atom. The molecule has 12 atom stereocenters. The van der Waals surface area contributed by atoms with E-state index in [0.717, 1.165) is 5.57 Å². The molecule has 2 N–H and O–H groups in total. The molecule has 1 aromatic rings. The SMILES string of the molecule is COc1ccc(OC)c(C(=O)O[C@H]2[C@@H]3[C@]4(OC(C)=O)CO[C@@H]4C[C@H]4OC([C@H](OC(C)=O)C5=C(C)[C@@H](OC(=O)[C@H](O[Si](C(C)C)(C(C)C)C(C)C)[C@H](C=C(C)C)NC(=O)OC(C)(C)C)C[C@]2(O)C5(C)C)[C@@]34C)c1. The van der Waals surface area contributed by atoms with Crippen LogP contribution in [0, 0.1) is 16.7 Å². The minimum atomic E-state index is -2.98. The number of alkyl carbamates (subject to hydrolysis) is 1. The zero-order valence-electron chi connectivity index (χ0n) is 45.9. The van der Waals surface area contributed by atoms with Gasteiger partial charge in [0.2, 0.25) is 8.32 Å². The van der Waals surface area contributed by atoms with Crippen LogP contribution in [0.4, 0.5) is 4.79 Å². The second kappa shape index (κ2) is 20.3. The van der Waals surface area contributed by atoms with Gasteiger partial charge in [-0.2, -0.15) is 0 Å². The number of nitrogens with one attached hydrogen (secondary N) is 1. The third-order valence-corrected chi connectivity index (χ3v) is 22.4. The van der Waals surface area contributed by atoms with Crippen molar-refractivity contribution in [2.45, 2.75) is 213 Å². The number of benzene rings is 1. The number of amides is 1. The van der Waals surface area contributed by atoms with Crippen molar-refractivity contribution in [2.24, 2.45) is 16.7 Å². The fourth-order valence-electron chi connectivity index (χ4n) is 13.2. The van der Waals surface area contributed by atoms with Crippen LogP contribution in [0.25, 0.3) is 0 Å². The molecular formula is C54H81NO16Si. The number of carbonyl (C=O) groups is 5. The van der Waals surface area contributed by atoms with Crippen LogP contribution >= 0.6 is 0 Å². The van der Waals surface area contributed by atoms with E-state index in [1.807, 2.05) is 20.8 Å². The summed E-state index contributed by atoms with van der Waals surface area (Å²) in [5.74, 6) is -3.58. The fraction of sp³-hybridized carbons (Fsp3) is 0.722. The van der Waals surface area contributed by atoms with E-state index >= 15 is 9.59 Å². The molecule has 3 aliphatic carbocycles. The average Bonchev–Trinajstić information content (AvgIpc) is 3.24. The molecule has 5 aliphatic rings. The van der Waals surface area contributed by atoms with Gasteiger partial charge in [0.25, 0.3) is 0 Å². The van der Waals surface area contributed by atoms with Crippen molar-refractivity contribution in [1.29, 1.82) is 0 Å². The highest BCUT2D eigenvalue weighted by molar-refractivity contribution is 6.77. The summed E-state index contributed by atoms with van der Waals surface area (Å²) in [6, 6.07) is 3.57. The lowest BCUT2D eigenvalue weighted by atomic mass is 9.42. The first-order valence-electron chi connectivity index (χ1n) is 25.3. The molecular weight excluding hydrogens is 947 g/mol. The Hall–Kier alpha value is -4.49. The van der Waals surface area contributed by atoms with Crippen molar-refractivity contribution in [3.8, 4) is 11.5 Å². The van der Waals surface area contributed by atoms with E-state index in [2.05, 4.69) is 46.9 Å². The molecule has 18 heteroatoms. The zero-order chi connectivity index (χ0) is 54.0. The first-order valence-corrected chi connectivity index (χ1v) is 27.4. The second-order valence-corrected chi connectivity index (χ2v) is 28.8. The van der Waals surface area contributed by atoms with Gasteiger partial charge in [-0.15, -0.1) is 0 Å². The van der Waals surface area contributed by atoms with E-state index in [-0.39, 0.29) is 47.4 Å². The average molecular weight is 1030 g/mol. The van der Waals surface area contributed by atoms with Crippen LogP contribution in [0.5, 0.6) is 11.5 Å². The molecule has 0 aromatic heterocycles. The highest BCUT2D eigenvalue weighted by atomic mass is 28.4. The molecule has 2 saturated heterocycles. The Labute approximate surface area is 426 Å². The Morgan fingerprint density at radius 3 is 2.00 bits per heavy atom. The van der Waals surface area contributed by atoms with E-state index in [1.54, 1.807) is 59.8 Å². The number of methoxy groups -OCH3 is 2. The molecule has 0 radical (unpaired) electrons. The maximum Gasteiger partial charge on any atom is 0.408 e. The molecule has 72 heavy (non-hydrogen) atoms. The number of hydrogen-bond acceptors (Lipinski definition) is 16. The number of esters is 4. The van der Waals surface area contributed by atoms with Crippen LogP contribution < -0.4 is 14.8 Å². The number of allylic oxidation sites excluding steroid dienone is 1. The largest absolute Gasteiger partial charge is 0.497 e. The first-order chi connectivity index (χ1) is 33.3. The van der Waals surface area contributed by atoms with E-state index in [9.17, 15) is 19.5 Å². The minimum Gasteiger partial charge on any atom is -0.497 e. The topological polar surface area (TPSA) is 210 Å². The zero-order valence-corrected chi connectivity index (χ0v) is 46.9. The summed E-state index contributed by atoms with van der Waals surface area (Å²) < 4.78 is 63.4. The Morgan fingerprint density at radius 1 is 0.875 bits per heavy atom. The predicted molar refractivity (Wildman–Crippen MR) is 268 cm³/mol. The molecule has 4 fully saturated rings. The summed E-state index contributed by atoms with van der Waals surface area (Å²) >= 11 is 0. The first kappa shape index (κ1) is 56.8. The summed E-state index contributed by atoms with van der Waals surface area (Å²) in [6.45, 7) is 31.1. The van der Waals surface area contributed by atoms with Crippen LogP contribution in [-0.2, 0) is 52.0 Å².